The van der Waals surface area contributed by atoms with Crippen molar-refractivity contribution in [2.45, 2.75) is 19.0 Å². The number of nitrogens with one attached hydrogen (secondary N) is 2. The molecule has 1 aromatic rings. The summed E-state index contributed by atoms with van der Waals surface area (Å²) in [4.78, 5) is 14.8. The molecule has 116 valence electrons. The molecular formula is C13H17F3N4O. The molecule has 1 aliphatic heterocycles. The van der Waals surface area contributed by atoms with Crippen LogP contribution in [0.15, 0.2) is 12.1 Å². The predicted octanol–water partition coefficient (Wildman–Crippen LogP) is 1.61. The number of anilines is 1. The first kappa shape index (κ1) is 15.6. The molecule has 0 saturated carbocycles. The second kappa shape index (κ2) is 6.30. The normalized spacial score (nSPS) is 16.7. The lowest BCUT2D eigenvalue weighted by molar-refractivity contribution is -0.141. The van der Waals surface area contributed by atoms with Crippen molar-refractivity contribution in [2.75, 3.05) is 25.0 Å². The summed E-state index contributed by atoms with van der Waals surface area (Å²) in [5, 5.41) is 6.04. The Kier molecular flexibility index (Phi) is 4.66. The zero-order valence-electron chi connectivity index (χ0n) is 11.3. The zero-order valence-corrected chi connectivity index (χ0v) is 11.3. The summed E-state index contributed by atoms with van der Waals surface area (Å²) < 4.78 is 38.0. The van der Waals surface area contributed by atoms with E-state index in [0.29, 0.717) is 12.5 Å². The summed E-state index contributed by atoms with van der Waals surface area (Å²) in [6.45, 7) is 2.23. The highest BCUT2D eigenvalue weighted by Crippen LogP contribution is 2.29. The van der Waals surface area contributed by atoms with Gasteiger partial charge in [-0.25, -0.2) is 4.98 Å². The van der Waals surface area contributed by atoms with Crippen LogP contribution < -0.4 is 16.4 Å². The van der Waals surface area contributed by atoms with E-state index in [1.807, 2.05) is 0 Å². The first-order valence-corrected chi connectivity index (χ1v) is 6.70. The number of alkyl halides is 3. The van der Waals surface area contributed by atoms with E-state index in [1.165, 1.54) is 0 Å². The summed E-state index contributed by atoms with van der Waals surface area (Å²) in [6.07, 6.45) is -2.70. The van der Waals surface area contributed by atoms with Crippen LogP contribution in [-0.4, -0.2) is 30.5 Å². The minimum absolute atomic E-state index is 0.0306. The van der Waals surface area contributed by atoms with Crippen molar-refractivity contribution in [3.8, 4) is 0 Å². The number of primary amides is 1. The second-order valence-corrected chi connectivity index (χ2v) is 5.03. The molecule has 1 aromatic heterocycles. The van der Waals surface area contributed by atoms with Crippen molar-refractivity contribution >= 4 is 11.7 Å². The Morgan fingerprint density at radius 3 is 2.62 bits per heavy atom. The fourth-order valence-corrected chi connectivity index (χ4v) is 2.28. The van der Waals surface area contributed by atoms with Crippen LogP contribution in [-0.2, 0) is 6.18 Å². The lowest BCUT2D eigenvalue weighted by Gasteiger charge is -2.23. The monoisotopic (exact) mass is 302 g/mol. The van der Waals surface area contributed by atoms with Gasteiger partial charge in [-0.1, -0.05) is 0 Å². The summed E-state index contributed by atoms with van der Waals surface area (Å²) in [6, 6.07) is 1.82. The first-order chi connectivity index (χ1) is 9.88. The molecule has 0 aromatic carbocycles. The Morgan fingerprint density at radius 1 is 1.38 bits per heavy atom. The van der Waals surface area contributed by atoms with Crippen LogP contribution in [0.1, 0.15) is 28.9 Å². The quantitative estimate of drug-likeness (QED) is 0.789. The Labute approximate surface area is 120 Å². The SMILES string of the molecule is NC(=O)c1ccc(C(F)(F)F)nc1NCC1CCNCC1. The minimum atomic E-state index is -4.55. The minimum Gasteiger partial charge on any atom is -0.369 e. The molecular weight excluding hydrogens is 285 g/mol. The third kappa shape index (κ3) is 4.07. The van der Waals surface area contributed by atoms with E-state index in [9.17, 15) is 18.0 Å². The van der Waals surface area contributed by atoms with Gasteiger partial charge in [0, 0.05) is 6.54 Å². The molecule has 5 nitrogen and oxygen atoms in total. The number of nitrogens with zero attached hydrogens (tertiary/aromatic N) is 1. The zero-order chi connectivity index (χ0) is 15.5. The maximum Gasteiger partial charge on any atom is 0.433 e. The van der Waals surface area contributed by atoms with Crippen molar-refractivity contribution in [3.63, 3.8) is 0 Å². The van der Waals surface area contributed by atoms with E-state index in [-0.39, 0.29) is 11.4 Å². The Morgan fingerprint density at radius 2 is 2.05 bits per heavy atom. The van der Waals surface area contributed by atoms with Crippen LogP contribution in [0.2, 0.25) is 0 Å². The van der Waals surface area contributed by atoms with Gasteiger partial charge >= 0.3 is 6.18 Å². The molecule has 0 spiro atoms. The lowest BCUT2D eigenvalue weighted by Crippen LogP contribution is -2.31. The van der Waals surface area contributed by atoms with Gasteiger partial charge in [-0.3, -0.25) is 4.79 Å². The van der Waals surface area contributed by atoms with Crippen LogP contribution >= 0.6 is 0 Å². The number of carbonyl (C=O) groups excluding carboxylic acids is 1. The topological polar surface area (TPSA) is 80.0 Å². The standard InChI is InChI=1S/C13H17F3N4O/c14-13(15,16)10-2-1-9(11(17)21)12(20-10)19-7-8-3-5-18-6-4-8/h1-2,8,18H,3-7H2,(H2,17,21)(H,19,20). The van der Waals surface area contributed by atoms with Gasteiger partial charge < -0.3 is 16.4 Å². The fourth-order valence-electron chi connectivity index (χ4n) is 2.28. The maximum absolute atomic E-state index is 12.7. The number of rotatable bonds is 4. The molecule has 2 rings (SSSR count). The average molecular weight is 302 g/mol. The number of hydrogen-bond acceptors (Lipinski definition) is 4. The van der Waals surface area contributed by atoms with E-state index in [1.54, 1.807) is 0 Å². The molecule has 0 atom stereocenters. The Hall–Kier alpha value is -1.83. The molecule has 1 fully saturated rings. The van der Waals surface area contributed by atoms with Crippen LogP contribution in [0.4, 0.5) is 19.0 Å². The fraction of sp³-hybridized carbons (Fsp3) is 0.538. The summed E-state index contributed by atoms with van der Waals surface area (Å²) in [5.74, 6) is -0.566. The maximum atomic E-state index is 12.7. The van der Waals surface area contributed by atoms with Gasteiger partial charge in [0.15, 0.2) is 0 Å². The lowest BCUT2D eigenvalue weighted by atomic mass is 9.98. The predicted molar refractivity (Wildman–Crippen MR) is 71.8 cm³/mol. The highest BCUT2D eigenvalue weighted by atomic mass is 19.4. The van der Waals surface area contributed by atoms with Crippen LogP contribution in [0.25, 0.3) is 0 Å². The molecule has 2 heterocycles. The number of pyridine rings is 1. The van der Waals surface area contributed by atoms with Crippen LogP contribution in [0, 0.1) is 5.92 Å². The van der Waals surface area contributed by atoms with Crippen molar-refractivity contribution in [1.82, 2.24) is 10.3 Å². The smallest absolute Gasteiger partial charge is 0.369 e. The van der Waals surface area contributed by atoms with Gasteiger partial charge in [0.25, 0.3) is 5.91 Å². The average Bonchev–Trinajstić information content (AvgIpc) is 2.45. The number of carbonyl (C=O) groups is 1. The molecule has 1 saturated heterocycles. The molecule has 4 N–H and O–H groups in total. The molecule has 1 amide bonds. The highest BCUT2D eigenvalue weighted by molar-refractivity contribution is 5.97. The number of aromatic nitrogens is 1. The molecule has 0 aliphatic carbocycles. The third-order valence-electron chi connectivity index (χ3n) is 3.47. The van der Waals surface area contributed by atoms with E-state index in [4.69, 9.17) is 5.73 Å². The van der Waals surface area contributed by atoms with Gasteiger partial charge in [0.2, 0.25) is 0 Å². The van der Waals surface area contributed by atoms with Crippen LogP contribution in [0.3, 0.4) is 0 Å². The first-order valence-electron chi connectivity index (χ1n) is 6.70. The second-order valence-electron chi connectivity index (χ2n) is 5.03. The largest absolute Gasteiger partial charge is 0.433 e. The molecule has 1 aliphatic rings. The molecule has 0 unspecified atom stereocenters. The Bertz CT molecular complexity index is 513. The van der Waals surface area contributed by atoms with E-state index < -0.39 is 17.8 Å². The van der Waals surface area contributed by atoms with Gasteiger partial charge in [-0.2, -0.15) is 13.2 Å². The van der Waals surface area contributed by atoms with Crippen molar-refractivity contribution in [2.24, 2.45) is 11.7 Å². The highest BCUT2D eigenvalue weighted by Gasteiger charge is 2.33. The van der Waals surface area contributed by atoms with Crippen molar-refractivity contribution in [3.05, 3.63) is 23.4 Å². The summed E-state index contributed by atoms with van der Waals surface area (Å²) >= 11 is 0. The van der Waals surface area contributed by atoms with Gasteiger partial charge in [-0.05, 0) is 44.0 Å². The number of amides is 1. The van der Waals surface area contributed by atoms with E-state index in [2.05, 4.69) is 15.6 Å². The molecule has 0 radical (unpaired) electrons. The van der Waals surface area contributed by atoms with E-state index in [0.717, 1.165) is 38.1 Å². The number of piperidine rings is 1. The third-order valence-corrected chi connectivity index (χ3v) is 3.47. The molecule has 0 bridgehead atoms. The van der Waals surface area contributed by atoms with Crippen molar-refractivity contribution in [1.29, 1.82) is 0 Å². The number of halogens is 3. The van der Waals surface area contributed by atoms with Crippen molar-refractivity contribution < 1.29 is 18.0 Å². The Balaban J connectivity index is 2.16. The van der Waals surface area contributed by atoms with Gasteiger partial charge in [0.05, 0.1) is 5.56 Å². The van der Waals surface area contributed by atoms with E-state index >= 15 is 0 Å². The number of nitrogens with two attached hydrogens (primary N) is 1. The summed E-state index contributed by atoms with van der Waals surface area (Å²) in [5.41, 5.74) is 4.10. The molecule has 8 heteroatoms. The van der Waals surface area contributed by atoms with Gasteiger partial charge in [0.1, 0.15) is 11.5 Å². The molecule has 21 heavy (non-hydrogen) atoms. The van der Waals surface area contributed by atoms with Gasteiger partial charge in [-0.15, -0.1) is 0 Å². The van der Waals surface area contributed by atoms with Crippen LogP contribution in [0.5, 0.6) is 0 Å². The summed E-state index contributed by atoms with van der Waals surface area (Å²) in [7, 11) is 0. The number of hydrogen-bond donors (Lipinski definition) is 3.